The molecule has 0 atom stereocenters. The number of rotatable bonds is 12. The molecule has 2 N–H and O–H groups in total. The molecule has 0 aliphatic heterocycles. The van der Waals surface area contributed by atoms with Crippen molar-refractivity contribution in [3.63, 3.8) is 0 Å². The van der Waals surface area contributed by atoms with E-state index in [-0.39, 0.29) is 6.09 Å². The minimum Gasteiger partial charge on any atom is -0.444 e. The smallest absolute Gasteiger partial charge is 0.410 e. The van der Waals surface area contributed by atoms with Crippen molar-refractivity contribution in [2.24, 2.45) is 0 Å². The Hall–Kier alpha value is -1.83. The Labute approximate surface area is 145 Å². The van der Waals surface area contributed by atoms with E-state index in [4.69, 9.17) is 15.3 Å². The van der Waals surface area contributed by atoms with Crippen LogP contribution in [0.3, 0.4) is 0 Å². The van der Waals surface area contributed by atoms with Crippen molar-refractivity contribution in [3.05, 3.63) is 0 Å². The molecule has 0 aromatic heterocycles. The molecule has 24 heavy (non-hydrogen) atoms. The quantitative estimate of drug-likeness (QED) is 0.528. The molecule has 0 aromatic rings. The lowest BCUT2D eigenvalue weighted by atomic mass is 10.2. The Morgan fingerprint density at radius 1 is 0.958 bits per heavy atom. The van der Waals surface area contributed by atoms with Crippen molar-refractivity contribution in [1.82, 2.24) is 15.5 Å². The number of hydrogen-bond donors (Lipinski definition) is 2. The maximum absolute atomic E-state index is 12.3. The number of nitriles is 2. The van der Waals surface area contributed by atoms with Crippen LogP contribution in [0.5, 0.6) is 0 Å². The lowest BCUT2D eigenvalue weighted by Crippen LogP contribution is -2.39. The average molecular weight is 337 g/mol. The van der Waals surface area contributed by atoms with Gasteiger partial charge in [-0.05, 0) is 46.7 Å². The molecule has 0 radical (unpaired) electrons. The second-order valence-corrected chi connectivity index (χ2v) is 6.49. The van der Waals surface area contributed by atoms with Gasteiger partial charge in [0.25, 0.3) is 0 Å². The van der Waals surface area contributed by atoms with E-state index >= 15 is 0 Å². The monoisotopic (exact) mass is 337 g/mol. The molecule has 0 aliphatic carbocycles. The van der Waals surface area contributed by atoms with Crippen LogP contribution in [0, 0.1) is 22.7 Å². The molecule has 0 aliphatic rings. The van der Waals surface area contributed by atoms with Gasteiger partial charge in [-0.15, -0.1) is 0 Å². The summed E-state index contributed by atoms with van der Waals surface area (Å²) in [4.78, 5) is 14.0. The average Bonchev–Trinajstić information content (AvgIpc) is 2.50. The largest absolute Gasteiger partial charge is 0.444 e. The minimum atomic E-state index is -0.509. The van der Waals surface area contributed by atoms with Crippen LogP contribution in [0.2, 0.25) is 0 Å². The zero-order valence-corrected chi connectivity index (χ0v) is 15.2. The van der Waals surface area contributed by atoms with Crippen LogP contribution >= 0.6 is 0 Å². The Kier molecular flexibility index (Phi) is 12.6. The first-order chi connectivity index (χ1) is 11.4. The summed E-state index contributed by atoms with van der Waals surface area (Å²) in [6.07, 6.45) is 2.31. The zero-order chi connectivity index (χ0) is 18.3. The lowest BCUT2D eigenvalue weighted by molar-refractivity contribution is 0.0246. The molecule has 0 fully saturated rings. The molecule has 0 bridgehead atoms. The summed E-state index contributed by atoms with van der Waals surface area (Å²) < 4.78 is 5.45. The van der Waals surface area contributed by atoms with Gasteiger partial charge in [-0.25, -0.2) is 4.79 Å². The van der Waals surface area contributed by atoms with Gasteiger partial charge in [0.05, 0.1) is 12.1 Å². The molecular weight excluding hydrogens is 306 g/mol. The highest BCUT2D eigenvalue weighted by Crippen LogP contribution is 2.10. The first-order valence-electron chi connectivity index (χ1n) is 8.54. The summed E-state index contributed by atoms with van der Waals surface area (Å²) in [5.41, 5.74) is -0.509. The predicted molar refractivity (Wildman–Crippen MR) is 93.2 cm³/mol. The van der Waals surface area contributed by atoms with E-state index < -0.39 is 5.60 Å². The molecule has 0 spiro atoms. The third-order valence-corrected chi connectivity index (χ3v) is 3.04. The minimum absolute atomic E-state index is 0.295. The Morgan fingerprint density at radius 2 is 1.42 bits per heavy atom. The highest BCUT2D eigenvalue weighted by atomic mass is 16.6. The molecule has 0 aromatic carbocycles. The van der Waals surface area contributed by atoms with Crippen LogP contribution in [0.15, 0.2) is 0 Å². The van der Waals surface area contributed by atoms with Crippen molar-refractivity contribution in [2.45, 2.75) is 52.1 Å². The van der Waals surface area contributed by atoms with Gasteiger partial charge in [0.15, 0.2) is 0 Å². The molecule has 7 heteroatoms. The summed E-state index contributed by atoms with van der Waals surface area (Å²) in [5.74, 6) is 0. The maximum atomic E-state index is 12.3. The Balaban J connectivity index is 4.17. The molecule has 7 nitrogen and oxygen atoms in total. The number of nitrogens with zero attached hydrogens (tertiary/aromatic N) is 3. The summed E-state index contributed by atoms with van der Waals surface area (Å²) in [6, 6.07) is 4.17. The fourth-order valence-corrected chi connectivity index (χ4v) is 1.95. The van der Waals surface area contributed by atoms with Gasteiger partial charge in [0.1, 0.15) is 5.60 Å². The molecule has 0 unspecified atom stereocenters. The second kappa shape index (κ2) is 13.6. The van der Waals surface area contributed by atoms with Crippen LogP contribution in [-0.4, -0.2) is 55.9 Å². The third kappa shape index (κ3) is 13.8. The predicted octanol–water partition coefficient (Wildman–Crippen LogP) is 2.01. The van der Waals surface area contributed by atoms with Gasteiger partial charge in [-0.1, -0.05) is 0 Å². The highest BCUT2D eigenvalue weighted by Gasteiger charge is 2.21. The van der Waals surface area contributed by atoms with Crippen molar-refractivity contribution >= 4 is 6.09 Å². The standard InChI is InChI=1S/C17H31N5O2/c1-17(2,3)24-16(23)22(14-6-12-20-10-4-8-18)15-7-13-21-11-5-9-19/h20-21H,4-7,10-15H2,1-3H3. The van der Waals surface area contributed by atoms with Crippen molar-refractivity contribution in [1.29, 1.82) is 10.5 Å². The topological polar surface area (TPSA) is 101 Å². The van der Waals surface area contributed by atoms with E-state index in [0.717, 1.165) is 25.9 Å². The lowest BCUT2D eigenvalue weighted by Gasteiger charge is -2.27. The van der Waals surface area contributed by atoms with Gasteiger partial charge < -0.3 is 20.3 Å². The number of carbonyl (C=O) groups is 1. The molecule has 0 heterocycles. The molecule has 0 saturated heterocycles. The van der Waals surface area contributed by atoms with Gasteiger partial charge in [-0.3, -0.25) is 0 Å². The number of nitrogens with one attached hydrogen (secondary N) is 2. The summed E-state index contributed by atoms with van der Waals surface area (Å²) >= 11 is 0. The van der Waals surface area contributed by atoms with E-state index in [9.17, 15) is 4.79 Å². The van der Waals surface area contributed by atoms with E-state index in [2.05, 4.69) is 22.8 Å². The van der Waals surface area contributed by atoms with Crippen LogP contribution in [-0.2, 0) is 4.74 Å². The van der Waals surface area contributed by atoms with Crippen molar-refractivity contribution in [2.75, 3.05) is 39.3 Å². The van der Waals surface area contributed by atoms with E-state index in [1.165, 1.54) is 0 Å². The van der Waals surface area contributed by atoms with E-state index in [1.54, 1.807) is 4.90 Å². The number of hydrogen-bond acceptors (Lipinski definition) is 6. The van der Waals surface area contributed by atoms with Gasteiger partial charge in [-0.2, -0.15) is 10.5 Å². The summed E-state index contributed by atoms with van der Waals surface area (Å²) in [6.45, 7) is 9.68. The fourth-order valence-electron chi connectivity index (χ4n) is 1.95. The van der Waals surface area contributed by atoms with Crippen LogP contribution in [0.1, 0.15) is 46.5 Å². The van der Waals surface area contributed by atoms with Crippen LogP contribution < -0.4 is 10.6 Å². The van der Waals surface area contributed by atoms with Crippen molar-refractivity contribution < 1.29 is 9.53 Å². The SMILES string of the molecule is CC(C)(C)OC(=O)N(CCCNCCC#N)CCCNCCC#N. The number of ether oxygens (including phenoxy) is 1. The first-order valence-corrected chi connectivity index (χ1v) is 8.54. The first kappa shape index (κ1) is 22.2. The maximum Gasteiger partial charge on any atom is 0.410 e. The normalized spacial score (nSPS) is 10.7. The van der Waals surface area contributed by atoms with E-state index in [0.29, 0.717) is 39.0 Å². The summed E-state index contributed by atoms with van der Waals surface area (Å²) in [5, 5.41) is 23.3. The molecule has 1 amide bonds. The van der Waals surface area contributed by atoms with Crippen LogP contribution in [0.4, 0.5) is 4.79 Å². The third-order valence-electron chi connectivity index (χ3n) is 3.04. The van der Waals surface area contributed by atoms with Gasteiger partial charge >= 0.3 is 6.09 Å². The number of carbonyl (C=O) groups excluding carboxylic acids is 1. The second-order valence-electron chi connectivity index (χ2n) is 6.49. The molecule has 0 rings (SSSR count). The Bertz CT molecular complexity index is 394. The van der Waals surface area contributed by atoms with Gasteiger partial charge in [0.2, 0.25) is 0 Å². The molecular formula is C17H31N5O2. The molecule has 0 saturated carbocycles. The Morgan fingerprint density at radius 3 is 1.79 bits per heavy atom. The summed E-state index contributed by atoms with van der Waals surface area (Å²) in [7, 11) is 0. The van der Waals surface area contributed by atoms with Gasteiger partial charge in [0, 0.05) is 39.0 Å². The zero-order valence-electron chi connectivity index (χ0n) is 15.2. The van der Waals surface area contributed by atoms with Crippen molar-refractivity contribution in [3.8, 4) is 12.1 Å². The fraction of sp³-hybridized carbons (Fsp3) is 0.824. The van der Waals surface area contributed by atoms with E-state index in [1.807, 2.05) is 20.8 Å². The number of amides is 1. The molecule has 136 valence electrons. The van der Waals surface area contributed by atoms with Crippen LogP contribution in [0.25, 0.3) is 0 Å². The highest BCUT2D eigenvalue weighted by molar-refractivity contribution is 5.68.